The van der Waals surface area contributed by atoms with Gasteiger partial charge < -0.3 is 20.1 Å². The van der Waals surface area contributed by atoms with E-state index in [1.165, 1.54) is 13.2 Å². The quantitative estimate of drug-likeness (QED) is 0.821. The average Bonchev–Trinajstić information content (AvgIpc) is 2.55. The van der Waals surface area contributed by atoms with E-state index in [4.69, 9.17) is 9.84 Å². The number of methoxy groups -OCH3 is 1. The first kappa shape index (κ1) is 17.1. The second-order valence-electron chi connectivity index (χ2n) is 5.45. The van der Waals surface area contributed by atoms with E-state index < -0.39 is 0 Å². The molecule has 0 aliphatic rings. The summed E-state index contributed by atoms with van der Waals surface area (Å²) in [5.74, 6) is 0.221. The number of nitrogens with zero attached hydrogens (tertiary/aromatic N) is 1. The maximum atomic E-state index is 14.1. The van der Waals surface area contributed by atoms with Crippen molar-refractivity contribution in [2.24, 2.45) is 0 Å². The fourth-order valence-corrected chi connectivity index (χ4v) is 2.40. The number of anilines is 2. The van der Waals surface area contributed by atoms with Gasteiger partial charge in [0.15, 0.2) is 0 Å². The van der Waals surface area contributed by atoms with Crippen molar-refractivity contribution in [1.29, 1.82) is 0 Å². The first-order valence-corrected chi connectivity index (χ1v) is 7.57. The molecule has 0 fully saturated rings. The number of halogens is 1. The Hall–Kier alpha value is -2.27. The average molecular weight is 318 g/mol. The standard InChI is InChI=1S/C18H23FN2O2/c1-13(17-9-8-16(23-3)12-18(17)19)20-14-4-6-15(7-5-14)21(2)10-11-22/h4-9,12-13,20,22H,10-11H2,1-3H3. The van der Waals surface area contributed by atoms with Gasteiger partial charge in [0.1, 0.15) is 11.6 Å². The smallest absolute Gasteiger partial charge is 0.132 e. The monoisotopic (exact) mass is 318 g/mol. The molecule has 0 aliphatic carbocycles. The highest BCUT2D eigenvalue weighted by Gasteiger charge is 2.12. The number of benzene rings is 2. The molecule has 0 spiro atoms. The molecule has 0 bridgehead atoms. The number of aliphatic hydroxyl groups excluding tert-OH is 1. The molecule has 1 atom stereocenters. The molecular formula is C18H23FN2O2. The van der Waals surface area contributed by atoms with Crippen LogP contribution in [0.2, 0.25) is 0 Å². The number of nitrogens with one attached hydrogen (secondary N) is 1. The van der Waals surface area contributed by atoms with Crippen LogP contribution in [0.5, 0.6) is 5.75 Å². The van der Waals surface area contributed by atoms with Gasteiger partial charge in [0.2, 0.25) is 0 Å². The topological polar surface area (TPSA) is 44.7 Å². The normalized spacial score (nSPS) is 11.9. The second kappa shape index (κ2) is 7.83. The highest BCUT2D eigenvalue weighted by molar-refractivity contribution is 5.55. The van der Waals surface area contributed by atoms with Crippen molar-refractivity contribution in [3.05, 3.63) is 53.8 Å². The lowest BCUT2D eigenvalue weighted by Gasteiger charge is -2.20. The van der Waals surface area contributed by atoms with Gasteiger partial charge in [-0.25, -0.2) is 4.39 Å². The highest BCUT2D eigenvalue weighted by atomic mass is 19.1. The Balaban J connectivity index is 2.06. The molecule has 4 nitrogen and oxygen atoms in total. The van der Waals surface area contributed by atoms with E-state index in [0.717, 1.165) is 11.4 Å². The van der Waals surface area contributed by atoms with Crippen LogP contribution in [0.4, 0.5) is 15.8 Å². The van der Waals surface area contributed by atoms with Crippen LogP contribution >= 0.6 is 0 Å². The van der Waals surface area contributed by atoms with Gasteiger partial charge in [-0.3, -0.25) is 0 Å². The van der Waals surface area contributed by atoms with E-state index in [-0.39, 0.29) is 18.5 Å². The number of hydrogen-bond acceptors (Lipinski definition) is 4. The summed E-state index contributed by atoms with van der Waals surface area (Å²) in [7, 11) is 3.44. The summed E-state index contributed by atoms with van der Waals surface area (Å²) in [4.78, 5) is 1.97. The molecule has 2 aromatic carbocycles. The summed E-state index contributed by atoms with van der Waals surface area (Å²) in [6.45, 7) is 2.61. The molecule has 2 aromatic rings. The van der Waals surface area contributed by atoms with Crippen molar-refractivity contribution in [3.63, 3.8) is 0 Å². The lowest BCUT2D eigenvalue weighted by Crippen LogP contribution is -2.20. The molecule has 124 valence electrons. The fourth-order valence-electron chi connectivity index (χ4n) is 2.40. The van der Waals surface area contributed by atoms with E-state index in [1.54, 1.807) is 12.1 Å². The molecule has 0 saturated heterocycles. The van der Waals surface area contributed by atoms with Crippen molar-refractivity contribution in [1.82, 2.24) is 0 Å². The van der Waals surface area contributed by atoms with Crippen LogP contribution in [0.3, 0.4) is 0 Å². The molecule has 0 amide bonds. The molecule has 0 aliphatic heterocycles. The third-order valence-electron chi connectivity index (χ3n) is 3.80. The zero-order chi connectivity index (χ0) is 16.8. The van der Waals surface area contributed by atoms with Gasteiger partial charge in [0.25, 0.3) is 0 Å². The Morgan fingerprint density at radius 3 is 2.48 bits per heavy atom. The molecule has 2 N–H and O–H groups in total. The van der Waals surface area contributed by atoms with Crippen molar-refractivity contribution in [2.75, 3.05) is 37.5 Å². The molecule has 0 aromatic heterocycles. The van der Waals surface area contributed by atoms with Gasteiger partial charge in [0, 0.05) is 36.6 Å². The summed E-state index contributed by atoms with van der Waals surface area (Å²) in [5.41, 5.74) is 2.52. The van der Waals surface area contributed by atoms with Gasteiger partial charge in [-0.05, 0) is 37.3 Å². The maximum Gasteiger partial charge on any atom is 0.132 e. The van der Waals surface area contributed by atoms with Crippen LogP contribution in [0.1, 0.15) is 18.5 Å². The van der Waals surface area contributed by atoms with Crippen molar-refractivity contribution in [2.45, 2.75) is 13.0 Å². The van der Waals surface area contributed by atoms with E-state index in [9.17, 15) is 4.39 Å². The van der Waals surface area contributed by atoms with E-state index in [2.05, 4.69) is 5.32 Å². The fraction of sp³-hybridized carbons (Fsp3) is 0.333. The third kappa shape index (κ3) is 4.36. The molecule has 5 heteroatoms. The largest absolute Gasteiger partial charge is 0.497 e. The van der Waals surface area contributed by atoms with Gasteiger partial charge in [0.05, 0.1) is 19.8 Å². The van der Waals surface area contributed by atoms with Gasteiger partial charge >= 0.3 is 0 Å². The predicted molar refractivity (Wildman–Crippen MR) is 91.8 cm³/mol. The first-order chi connectivity index (χ1) is 11.0. The number of aliphatic hydroxyl groups is 1. The molecule has 1 unspecified atom stereocenters. The van der Waals surface area contributed by atoms with E-state index in [1.807, 2.05) is 43.1 Å². The molecule has 0 saturated carbocycles. The van der Waals surface area contributed by atoms with E-state index >= 15 is 0 Å². The van der Waals surface area contributed by atoms with Gasteiger partial charge in [-0.2, -0.15) is 0 Å². The minimum absolute atomic E-state index is 0.115. The number of rotatable bonds is 7. The number of ether oxygens (including phenoxy) is 1. The summed E-state index contributed by atoms with van der Waals surface area (Å²) >= 11 is 0. The Bertz CT molecular complexity index is 631. The molecule has 2 rings (SSSR count). The third-order valence-corrected chi connectivity index (χ3v) is 3.80. The summed E-state index contributed by atoms with van der Waals surface area (Å²) in [5, 5.41) is 12.2. The van der Waals surface area contributed by atoms with Crippen LogP contribution in [0, 0.1) is 5.82 Å². The van der Waals surface area contributed by atoms with Crippen LogP contribution in [0.15, 0.2) is 42.5 Å². The van der Waals surface area contributed by atoms with Crippen LogP contribution in [-0.2, 0) is 0 Å². The molecule has 23 heavy (non-hydrogen) atoms. The Labute approximate surface area is 136 Å². The van der Waals surface area contributed by atoms with Crippen LogP contribution < -0.4 is 15.0 Å². The second-order valence-corrected chi connectivity index (χ2v) is 5.45. The Morgan fingerprint density at radius 2 is 1.91 bits per heavy atom. The van der Waals surface area contributed by atoms with Crippen molar-refractivity contribution < 1.29 is 14.2 Å². The maximum absolute atomic E-state index is 14.1. The zero-order valence-electron chi connectivity index (χ0n) is 13.7. The van der Waals surface area contributed by atoms with Gasteiger partial charge in [-0.15, -0.1) is 0 Å². The molecular weight excluding hydrogens is 295 g/mol. The number of likely N-dealkylation sites (N-methyl/N-ethyl adjacent to an activating group) is 1. The predicted octanol–water partition coefficient (Wildman–Crippen LogP) is 3.44. The van der Waals surface area contributed by atoms with Crippen molar-refractivity contribution in [3.8, 4) is 5.75 Å². The summed E-state index contributed by atoms with van der Waals surface area (Å²) in [6.07, 6.45) is 0. The summed E-state index contributed by atoms with van der Waals surface area (Å²) < 4.78 is 19.1. The van der Waals surface area contributed by atoms with Crippen LogP contribution in [0.25, 0.3) is 0 Å². The van der Waals surface area contributed by atoms with Crippen LogP contribution in [-0.4, -0.2) is 32.4 Å². The summed E-state index contributed by atoms with van der Waals surface area (Å²) in [6, 6.07) is 12.5. The molecule has 0 heterocycles. The van der Waals surface area contributed by atoms with Gasteiger partial charge in [-0.1, -0.05) is 6.07 Å². The zero-order valence-corrected chi connectivity index (χ0v) is 13.7. The SMILES string of the molecule is COc1ccc(C(C)Nc2ccc(N(C)CCO)cc2)c(F)c1. The first-order valence-electron chi connectivity index (χ1n) is 7.57. The lowest BCUT2D eigenvalue weighted by molar-refractivity contribution is 0.304. The minimum atomic E-state index is -0.288. The highest BCUT2D eigenvalue weighted by Crippen LogP contribution is 2.25. The Kier molecular flexibility index (Phi) is 5.82. The molecule has 0 radical (unpaired) electrons. The number of hydrogen-bond donors (Lipinski definition) is 2. The Morgan fingerprint density at radius 1 is 1.22 bits per heavy atom. The lowest BCUT2D eigenvalue weighted by atomic mass is 10.1. The van der Waals surface area contributed by atoms with E-state index in [0.29, 0.717) is 17.9 Å². The minimum Gasteiger partial charge on any atom is -0.497 e. The van der Waals surface area contributed by atoms with Crippen molar-refractivity contribution >= 4 is 11.4 Å².